The smallest absolute Gasteiger partial charge is 0.0861 e. The van der Waals surface area contributed by atoms with Crippen LogP contribution >= 0.6 is 11.8 Å². The second kappa shape index (κ2) is 7.01. The summed E-state index contributed by atoms with van der Waals surface area (Å²) in [5.74, 6) is 0.497. The molecule has 4 heteroatoms. The zero-order chi connectivity index (χ0) is 12.8. The van der Waals surface area contributed by atoms with E-state index in [1.807, 2.05) is 13.0 Å². The van der Waals surface area contributed by atoms with Crippen molar-refractivity contribution < 1.29 is 10.2 Å². The molecular formula is C13H21NO2S. The number of thioether (sulfide) groups is 1. The zero-order valence-electron chi connectivity index (χ0n) is 10.3. The van der Waals surface area contributed by atoms with Crippen molar-refractivity contribution in [1.82, 2.24) is 0 Å². The number of nitrogens with two attached hydrogens (primary N) is 1. The Morgan fingerprint density at radius 1 is 1.41 bits per heavy atom. The summed E-state index contributed by atoms with van der Waals surface area (Å²) in [6.07, 6.45) is -0.675. The summed E-state index contributed by atoms with van der Waals surface area (Å²) < 4.78 is 0. The van der Waals surface area contributed by atoms with E-state index in [4.69, 9.17) is 10.8 Å². The van der Waals surface area contributed by atoms with Gasteiger partial charge in [-0.3, -0.25) is 0 Å². The molecule has 0 heterocycles. The number of hydrogen-bond acceptors (Lipinski definition) is 4. The molecule has 0 amide bonds. The molecule has 0 radical (unpaired) electrons. The largest absolute Gasteiger partial charge is 0.394 e. The molecule has 0 aromatic heterocycles. The first-order chi connectivity index (χ1) is 8.04. The molecule has 4 N–H and O–H groups in total. The average Bonchev–Trinajstić information content (AvgIpc) is 2.28. The van der Waals surface area contributed by atoms with Gasteiger partial charge in [-0.1, -0.05) is 29.8 Å². The Bertz CT molecular complexity index is 344. The van der Waals surface area contributed by atoms with E-state index in [0.717, 1.165) is 0 Å². The van der Waals surface area contributed by atoms with Gasteiger partial charge in [0.2, 0.25) is 0 Å². The first-order valence-electron chi connectivity index (χ1n) is 5.77. The van der Waals surface area contributed by atoms with E-state index >= 15 is 0 Å². The number of hydrogen-bond donors (Lipinski definition) is 3. The van der Waals surface area contributed by atoms with Gasteiger partial charge in [-0.15, -0.1) is 11.8 Å². The summed E-state index contributed by atoms with van der Waals surface area (Å²) in [5.41, 5.74) is 8.36. The maximum atomic E-state index is 9.38. The van der Waals surface area contributed by atoms with E-state index in [1.165, 1.54) is 11.1 Å². The van der Waals surface area contributed by atoms with E-state index in [9.17, 15) is 5.11 Å². The third kappa shape index (κ3) is 4.68. The molecule has 17 heavy (non-hydrogen) atoms. The maximum Gasteiger partial charge on any atom is 0.0861 e. The van der Waals surface area contributed by atoms with Crippen LogP contribution in [0.4, 0.5) is 0 Å². The molecule has 0 spiro atoms. The third-order valence-corrected chi connectivity index (χ3v) is 4.16. The van der Waals surface area contributed by atoms with Crippen molar-refractivity contribution in [3.8, 4) is 0 Å². The van der Waals surface area contributed by atoms with Crippen LogP contribution in [-0.2, 0) is 0 Å². The molecule has 3 unspecified atom stereocenters. The molecule has 3 nitrogen and oxygen atoms in total. The van der Waals surface area contributed by atoms with Gasteiger partial charge in [0.05, 0.1) is 12.7 Å². The fourth-order valence-electron chi connectivity index (χ4n) is 1.67. The van der Waals surface area contributed by atoms with Crippen LogP contribution in [0.1, 0.15) is 23.3 Å². The van der Waals surface area contributed by atoms with Gasteiger partial charge in [-0.2, -0.15) is 0 Å². The zero-order valence-corrected chi connectivity index (χ0v) is 11.2. The summed E-state index contributed by atoms with van der Waals surface area (Å²) >= 11 is 1.59. The highest BCUT2D eigenvalue weighted by molar-refractivity contribution is 7.99. The van der Waals surface area contributed by atoms with Crippen molar-refractivity contribution in [2.75, 3.05) is 12.4 Å². The first kappa shape index (κ1) is 14.5. The Hall–Kier alpha value is -0.550. The second-order valence-corrected chi connectivity index (χ2v) is 5.54. The molecule has 1 aromatic carbocycles. The van der Waals surface area contributed by atoms with E-state index in [2.05, 4.69) is 25.1 Å². The molecule has 1 rings (SSSR count). The fourth-order valence-corrected chi connectivity index (χ4v) is 2.84. The summed E-state index contributed by atoms with van der Waals surface area (Å²) in [6, 6.07) is 8.25. The summed E-state index contributed by atoms with van der Waals surface area (Å²) in [7, 11) is 0. The van der Waals surface area contributed by atoms with Gasteiger partial charge >= 0.3 is 0 Å². The van der Waals surface area contributed by atoms with E-state index in [-0.39, 0.29) is 17.9 Å². The van der Waals surface area contributed by atoms with Crippen molar-refractivity contribution in [2.45, 2.75) is 31.2 Å². The molecule has 0 aliphatic heterocycles. The molecule has 0 bridgehead atoms. The molecule has 0 fully saturated rings. The second-order valence-electron chi connectivity index (χ2n) is 4.36. The van der Waals surface area contributed by atoms with Crippen LogP contribution in [0, 0.1) is 6.92 Å². The number of aliphatic hydroxyl groups excluding tert-OH is 2. The monoisotopic (exact) mass is 255 g/mol. The Morgan fingerprint density at radius 2 is 2.12 bits per heavy atom. The minimum Gasteiger partial charge on any atom is -0.394 e. The van der Waals surface area contributed by atoms with Crippen molar-refractivity contribution >= 4 is 11.8 Å². The van der Waals surface area contributed by atoms with Gasteiger partial charge in [0.25, 0.3) is 0 Å². The highest BCUT2D eigenvalue weighted by Crippen LogP contribution is 2.32. The number of benzene rings is 1. The van der Waals surface area contributed by atoms with Gasteiger partial charge in [0.1, 0.15) is 0 Å². The molecule has 0 saturated heterocycles. The van der Waals surface area contributed by atoms with Crippen LogP contribution in [0.25, 0.3) is 0 Å². The molecule has 1 aromatic rings. The molecule has 3 atom stereocenters. The predicted octanol–water partition coefficient (Wildman–Crippen LogP) is 1.47. The molecule has 0 aliphatic carbocycles. The van der Waals surface area contributed by atoms with Crippen LogP contribution in [0.5, 0.6) is 0 Å². The number of aliphatic hydroxyl groups is 2. The quantitative estimate of drug-likeness (QED) is 0.720. The third-order valence-electron chi connectivity index (χ3n) is 2.53. The van der Waals surface area contributed by atoms with Crippen LogP contribution in [0.3, 0.4) is 0 Å². The van der Waals surface area contributed by atoms with Crippen molar-refractivity contribution in [1.29, 1.82) is 0 Å². The average molecular weight is 255 g/mol. The van der Waals surface area contributed by atoms with Crippen LogP contribution in [-0.4, -0.2) is 34.7 Å². The molecule has 96 valence electrons. The van der Waals surface area contributed by atoms with E-state index < -0.39 is 6.10 Å². The maximum absolute atomic E-state index is 9.38. The number of aryl methyl sites for hydroxylation is 1. The Balaban J connectivity index is 2.72. The highest BCUT2D eigenvalue weighted by atomic mass is 32.2. The SMILES string of the molecule is Cc1cccc(C(SCC(O)CO)C(C)N)c1. The molecular weight excluding hydrogens is 234 g/mol. The Kier molecular flexibility index (Phi) is 5.98. The van der Waals surface area contributed by atoms with E-state index in [0.29, 0.717) is 5.75 Å². The summed E-state index contributed by atoms with van der Waals surface area (Å²) in [4.78, 5) is 0. The lowest BCUT2D eigenvalue weighted by molar-refractivity contribution is 0.113. The summed E-state index contributed by atoms with van der Waals surface area (Å²) in [6.45, 7) is 3.81. The summed E-state index contributed by atoms with van der Waals surface area (Å²) in [5, 5.41) is 18.3. The van der Waals surface area contributed by atoms with Gasteiger partial charge in [0, 0.05) is 17.0 Å². The van der Waals surface area contributed by atoms with Crippen molar-refractivity contribution in [3.05, 3.63) is 35.4 Å². The minimum absolute atomic E-state index is 0.00712. The standard InChI is InChI=1S/C13H21NO2S/c1-9-4-3-5-11(6-9)13(10(2)14)17-8-12(16)7-15/h3-6,10,12-13,15-16H,7-8,14H2,1-2H3. The molecule has 0 saturated carbocycles. The lowest BCUT2D eigenvalue weighted by atomic mass is 10.0. The first-order valence-corrected chi connectivity index (χ1v) is 6.82. The lowest BCUT2D eigenvalue weighted by Gasteiger charge is -2.22. The Morgan fingerprint density at radius 3 is 2.65 bits per heavy atom. The van der Waals surface area contributed by atoms with Crippen LogP contribution in [0.2, 0.25) is 0 Å². The minimum atomic E-state index is -0.675. The number of rotatable bonds is 6. The fraction of sp³-hybridized carbons (Fsp3) is 0.538. The van der Waals surface area contributed by atoms with Crippen LogP contribution in [0.15, 0.2) is 24.3 Å². The van der Waals surface area contributed by atoms with Gasteiger partial charge in [0.15, 0.2) is 0 Å². The van der Waals surface area contributed by atoms with Gasteiger partial charge in [-0.05, 0) is 19.4 Å². The van der Waals surface area contributed by atoms with Crippen molar-refractivity contribution in [2.24, 2.45) is 5.73 Å². The predicted molar refractivity (Wildman–Crippen MR) is 73.1 cm³/mol. The van der Waals surface area contributed by atoms with E-state index in [1.54, 1.807) is 11.8 Å². The Labute approximate surface area is 107 Å². The highest BCUT2D eigenvalue weighted by Gasteiger charge is 2.18. The topological polar surface area (TPSA) is 66.5 Å². The van der Waals surface area contributed by atoms with Crippen molar-refractivity contribution in [3.63, 3.8) is 0 Å². The normalized spacial score (nSPS) is 16.5. The lowest BCUT2D eigenvalue weighted by Crippen LogP contribution is -2.25. The van der Waals surface area contributed by atoms with Gasteiger partial charge < -0.3 is 15.9 Å². The van der Waals surface area contributed by atoms with Gasteiger partial charge in [-0.25, -0.2) is 0 Å². The molecule has 0 aliphatic rings. The van der Waals surface area contributed by atoms with Crippen LogP contribution < -0.4 is 5.73 Å².